The predicted molar refractivity (Wildman–Crippen MR) is 160 cm³/mol. The number of carbonyl (C=O) groups excluding carboxylic acids is 1. The first-order valence-corrected chi connectivity index (χ1v) is 16.1. The number of hydrogen-bond acceptors (Lipinski definition) is 4. The number of aryl methyl sites for hydroxylation is 2. The van der Waals surface area contributed by atoms with E-state index in [0.717, 1.165) is 73.1 Å². The Hall–Kier alpha value is -1.91. The molecule has 4 atom stereocenters. The zero-order valence-electron chi connectivity index (χ0n) is 22.5. The molecule has 1 aromatic carbocycles. The molecule has 1 amide bonds. The summed E-state index contributed by atoms with van der Waals surface area (Å²) < 4.78 is 18.7. The van der Waals surface area contributed by atoms with Gasteiger partial charge in [0.2, 0.25) is 5.91 Å². The van der Waals surface area contributed by atoms with Crippen LogP contribution in [0.15, 0.2) is 39.8 Å². The highest BCUT2D eigenvalue weighted by atomic mass is 127. The van der Waals surface area contributed by atoms with Crippen molar-refractivity contribution in [3.8, 4) is 5.69 Å². The minimum atomic E-state index is -0.510. The zero-order valence-corrected chi connectivity index (χ0v) is 25.4. The molecular formula is C29H36ClFIN5O. The number of hydrogen-bond donors (Lipinski definition) is 0. The van der Waals surface area contributed by atoms with Gasteiger partial charge in [-0.2, -0.15) is 5.10 Å². The Morgan fingerprint density at radius 1 is 1.16 bits per heavy atom. The van der Waals surface area contributed by atoms with Crippen molar-refractivity contribution in [1.82, 2.24) is 24.6 Å². The maximum atomic E-state index is 14.0. The molecule has 6 nitrogen and oxygen atoms in total. The van der Waals surface area contributed by atoms with Gasteiger partial charge in [0.25, 0.3) is 0 Å². The van der Waals surface area contributed by atoms with Crippen molar-refractivity contribution in [2.75, 3.05) is 27.2 Å². The van der Waals surface area contributed by atoms with E-state index in [1.807, 2.05) is 36.7 Å². The lowest BCUT2D eigenvalue weighted by atomic mass is 9.93. The van der Waals surface area contributed by atoms with Gasteiger partial charge < -0.3 is 9.80 Å². The Morgan fingerprint density at radius 2 is 1.97 bits per heavy atom. The van der Waals surface area contributed by atoms with E-state index >= 15 is 0 Å². The molecule has 38 heavy (non-hydrogen) atoms. The number of likely N-dealkylation sites (tertiary alicyclic amines) is 1. The Kier molecular flexibility index (Phi) is 8.50. The Balaban J connectivity index is 1.33. The van der Waals surface area contributed by atoms with Crippen LogP contribution in [0.25, 0.3) is 5.69 Å². The van der Waals surface area contributed by atoms with Crippen LogP contribution in [-0.2, 0) is 4.79 Å². The van der Waals surface area contributed by atoms with E-state index in [0.29, 0.717) is 6.04 Å². The number of allylic oxidation sites excluding steroid dienone is 4. The lowest BCUT2D eigenvalue weighted by Crippen LogP contribution is -2.38. The van der Waals surface area contributed by atoms with Crippen LogP contribution in [0.4, 0.5) is 4.39 Å². The van der Waals surface area contributed by atoms with E-state index in [-0.39, 0.29) is 29.5 Å². The summed E-state index contributed by atoms with van der Waals surface area (Å²) in [5, 5.41) is 5.44. The van der Waals surface area contributed by atoms with Gasteiger partial charge in [0.15, 0.2) is 0 Å². The summed E-state index contributed by atoms with van der Waals surface area (Å²) in [4.78, 5) is 23.2. The second kappa shape index (κ2) is 11.7. The van der Waals surface area contributed by atoms with Crippen LogP contribution in [0.5, 0.6) is 0 Å². The number of aromatic nitrogens is 3. The van der Waals surface area contributed by atoms with Gasteiger partial charge >= 0.3 is 0 Å². The summed E-state index contributed by atoms with van der Waals surface area (Å²) in [6.45, 7) is 5.42. The number of rotatable bonds is 5. The molecule has 1 unspecified atom stereocenters. The fraction of sp³-hybridized carbons (Fsp3) is 0.517. The lowest BCUT2D eigenvalue weighted by molar-refractivity contribution is -0.136. The van der Waals surface area contributed by atoms with Gasteiger partial charge in [-0.15, -0.1) is 0 Å². The van der Waals surface area contributed by atoms with Crippen molar-refractivity contribution in [3.63, 3.8) is 0 Å². The molecule has 0 radical (unpaired) electrons. The number of nitrogens with zero attached hydrogens (tertiary/aromatic N) is 5. The highest BCUT2D eigenvalue weighted by Gasteiger charge is 2.43. The number of benzene rings is 1. The fourth-order valence-corrected chi connectivity index (χ4v) is 8.54. The molecule has 5 rings (SSSR count). The third-order valence-corrected chi connectivity index (χ3v) is 11.4. The first-order chi connectivity index (χ1) is 18.2. The minimum absolute atomic E-state index is 0.0317. The van der Waals surface area contributed by atoms with Crippen LogP contribution in [0.2, 0.25) is 5.02 Å². The van der Waals surface area contributed by atoms with Gasteiger partial charge in [0.1, 0.15) is 17.5 Å². The van der Waals surface area contributed by atoms with Gasteiger partial charge in [-0.05, 0) is 93.5 Å². The molecule has 1 saturated carbocycles. The highest BCUT2D eigenvalue weighted by Crippen LogP contribution is 2.45. The first kappa shape index (κ1) is 27.6. The highest BCUT2D eigenvalue weighted by molar-refractivity contribution is 14.2. The fourth-order valence-electron chi connectivity index (χ4n) is 6.02. The van der Waals surface area contributed by atoms with Gasteiger partial charge in [-0.1, -0.05) is 38.4 Å². The SMILES string of the molecule is Cc1nc(C2CCCN(C(=O)[C@@H]3C[C@H](N(C)C)C[C@H]3C3=CC=C(F)C=I3)CC2)n(-c2ccc(Cl)c(C)c2)n1. The Labute approximate surface area is 239 Å². The molecule has 0 spiro atoms. The summed E-state index contributed by atoms with van der Waals surface area (Å²) >= 11 is 5.76. The summed E-state index contributed by atoms with van der Waals surface area (Å²) in [6, 6.07) is 6.32. The minimum Gasteiger partial charge on any atom is -0.342 e. The molecule has 0 N–H and O–H groups in total. The molecule has 1 saturated heterocycles. The molecule has 3 aliphatic rings. The summed E-state index contributed by atoms with van der Waals surface area (Å²) in [6.07, 6.45) is 8.14. The van der Waals surface area contributed by atoms with Crippen molar-refractivity contribution in [1.29, 1.82) is 0 Å². The van der Waals surface area contributed by atoms with Crippen LogP contribution in [0.3, 0.4) is 0 Å². The van der Waals surface area contributed by atoms with Gasteiger partial charge in [-0.3, -0.25) is 4.79 Å². The molecule has 2 fully saturated rings. The number of halogens is 3. The van der Waals surface area contributed by atoms with E-state index < -0.39 is 20.7 Å². The van der Waals surface area contributed by atoms with Crippen molar-refractivity contribution in [3.05, 3.63) is 62.0 Å². The van der Waals surface area contributed by atoms with Crippen molar-refractivity contribution < 1.29 is 9.18 Å². The average Bonchev–Trinajstić information content (AvgIpc) is 3.42. The summed E-state index contributed by atoms with van der Waals surface area (Å²) in [5.74, 6) is 2.25. The molecule has 2 aromatic rings. The molecular weight excluding hydrogens is 616 g/mol. The van der Waals surface area contributed by atoms with Gasteiger partial charge in [0, 0.05) is 45.9 Å². The predicted octanol–water partition coefficient (Wildman–Crippen LogP) is 6.11. The molecule has 0 bridgehead atoms. The first-order valence-electron chi connectivity index (χ1n) is 13.4. The van der Waals surface area contributed by atoms with E-state index in [4.69, 9.17) is 21.7 Å². The molecule has 204 valence electrons. The van der Waals surface area contributed by atoms with E-state index in [9.17, 15) is 9.18 Å². The Bertz CT molecular complexity index is 1300. The molecule has 1 aromatic heterocycles. The van der Waals surface area contributed by atoms with Crippen LogP contribution in [0, 0.1) is 25.7 Å². The normalized spacial score (nSPS) is 26.1. The third kappa shape index (κ3) is 5.82. The van der Waals surface area contributed by atoms with Crippen LogP contribution < -0.4 is 0 Å². The quantitative estimate of drug-likeness (QED) is 0.366. The smallest absolute Gasteiger partial charge is 0.226 e. The summed E-state index contributed by atoms with van der Waals surface area (Å²) in [7, 11) is 4.20. The van der Waals surface area contributed by atoms with Crippen molar-refractivity contribution in [2.45, 2.75) is 57.9 Å². The largest absolute Gasteiger partial charge is 0.342 e. The van der Waals surface area contributed by atoms with Crippen LogP contribution >= 0.6 is 32.3 Å². The topological polar surface area (TPSA) is 54.3 Å². The van der Waals surface area contributed by atoms with Crippen molar-refractivity contribution in [2.24, 2.45) is 11.8 Å². The van der Waals surface area contributed by atoms with Crippen LogP contribution in [0.1, 0.15) is 55.2 Å². The lowest BCUT2D eigenvalue weighted by Gasteiger charge is -2.28. The Morgan fingerprint density at radius 3 is 2.68 bits per heavy atom. The van der Waals surface area contributed by atoms with E-state index in [1.165, 1.54) is 3.58 Å². The second-order valence-corrected chi connectivity index (χ2v) is 13.8. The number of amides is 1. The molecule has 3 heterocycles. The maximum absolute atomic E-state index is 14.0. The summed E-state index contributed by atoms with van der Waals surface area (Å²) in [5.41, 5.74) is 1.98. The number of carbonyl (C=O) groups is 1. The van der Waals surface area contributed by atoms with Crippen LogP contribution in [-0.4, -0.2) is 67.7 Å². The van der Waals surface area contributed by atoms with Gasteiger partial charge in [-0.25, -0.2) is 14.1 Å². The third-order valence-electron chi connectivity index (χ3n) is 8.16. The molecule has 1 aliphatic carbocycles. The van der Waals surface area contributed by atoms with Crippen molar-refractivity contribution >= 4 is 42.3 Å². The standard InChI is InChI=1S/C29H36ClFIN5O/c1-18-14-22(8-9-26(18)30)37-28(33-19(2)34-37)20-6-5-12-36(13-11-20)29(38)25-16-23(35(3)4)15-24(25)27-10-7-21(31)17-32-27/h7-10,14,17,20,23-25H,5-6,11-13,15-16H2,1-4H3/t20?,23-,24-,25-/m1/s1. The molecule has 9 heteroatoms. The molecule has 2 aliphatic heterocycles. The maximum Gasteiger partial charge on any atom is 0.226 e. The van der Waals surface area contributed by atoms with E-state index in [1.54, 1.807) is 10.1 Å². The van der Waals surface area contributed by atoms with Gasteiger partial charge in [0.05, 0.1) is 5.69 Å². The zero-order chi connectivity index (χ0) is 27.0. The monoisotopic (exact) mass is 651 g/mol. The average molecular weight is 652 g/mol. The second-order valence-electron chi connectivity index (χ2n) is 10.9. The van der Waals surface area contributed by atoms with E-state index in [2.05, 4.69) is 30.0 Å².